The molecule has 0 aliphatic carbocycles. The molecule has 2 heteroatoms. The van der Waals surface area contributed by atoms with Crippen LogP contribution in [0.15, 0.2) is 24.3 Å². The van der Waals surface area contributed by atoms with Gasteiger partial charge in [-0.3, -0.25) is 4.79 Å². The molecule has 0 heterocycles. The van der Waals surface area contributed by atoms with Crippen molar-refractivity contribution in [2.75, 3.05) is 18.5 Å². The molecule has 0 aliphatic rings. The van der Waals surface area contributed by atoms with Crippen LogP contribution >= 0.6 is 0 Å². The monoisotopic (exact) mass is 205 g/mol. The van der Waals surface area contributed by atoms with Gasteiger partial charge in [0.15, 0.2) is 5.78 Å². The molecule has 0 saturated carbocycles. The van der Waals surface area contributed by atoms with Crippen LogP contribution in [-0.2, 0) is 0 Å². The Kier molecular flexibility index (Phi) is 4.35. The lowest BCUT2D eigenvalue weighted by atomic mass is 10.1. The van der Waals surface area contributed by atoms with E-state index in [1.165, 1.54) is 0 Å². The van der Waals surface area contributed by atoms with E-state index in [0.717, 1.165) is 24.2 Å². The van der Waals surface area contributed by atoms with Gasteiger partial charge >= 0.3 is 0 Å². The summed E-state index contributed by atoms with van der Waals surface area (Å²) >= 11 is 0. The van der Waals surface area contributed by atoms with Gasteiger partial charge in [-0.1, -0.05) is 26.0 Å². The van der Waals surface area contributed by atoms with Crippen LogP contribution in [0.2, 0.25) is 0 Å². The Morgan fingerprint density at radius 3 is 2.53 bits per heavy atom. The van der Waals surface area contributed by atoms with E-state index in [1.807, 2.05) is 38.2 Å². The van der Waals surface area contributed by atoms with E-state index in [2.05, 4.69) is 11.8 Å². The molecule has 0 atom stereocenters. The summed E-state index contributed by atoms with van der Waals surface area (Å²) in [5.74, 6) is 0.216. The molecule has 0 saturated heterocycles. The summed E-state index contributed by atoms with van der Waals surface area (Å²) in [7, 11) is 2.03. The topological polar surface area (TPSA) is 20.3 Å². The Hall–Kier alpha value is -1.31. The van der Waals surface area contributed by atoms with E-state index in [-0.39, 0.29) is 5.78 Å². The highest BCUT2D eigenvalue weighted by Gasteiger charge is 2.11. The fraction of sp³-hybridized carbons (Fsp3) is 0.462. The van der Waals surface area contributed by atoms with E-state index in [0.29, 0.717) is 6.42 Å². The maximum absolute atomic E-state index is 11.7. The Morgan fingerprint density at radius 2 is 1.93 bits per heavy atom. The van der Waals surface area contributed by atoms with Gasteiger partial charge in [-0.25, -0.2) is 0 Å². The lowest BCUT2D eigenvalue weighted by Gasteiger charge is -2.21. The lowest BCUT2D eigenvalue weighted by molar-refractivity contribution is 0.0988. The zero-order valence-corrected chi connectivity index (χ0v) is 9.79. The Bertz CT molecular complexity index is 333. The Labute approximate surface area is 91.9 Å². The van der Waals surface area contributed by atoms with Gasteiger partial charge in [0.1, 0.15) is 0 Å². The number of hydrogen-bond acceptors (Lipinski definition) is 2. The molecule has 2 nitrogen and oxygen atoms in total. The van der Waals surface area contributed by atoms with Crippen LogP contribution in [0.4, 0.5) is 5.69 Å². The minimum absolute atomic E-state index is 0.216. The van der Waals surface area contributed by atoms with Crippen LogP contribution in [0.5, 0.6) is 0 Å². The highest BCUT2D eigenvalue weighted by molar-refractivity contribution is 6.01. The van der Waals surface area contributed by atoms with Crippen LogP contribution in [0.25, 0.3) is 0 Å². The van der Waals surface area contributed by atoms with Crippen molar-refractivity contribution in [2.24, 2.45) is 0 Å². The quantitative estimate of drug-likeness (QED) is 0.688. The third-order valence-corrected chi connectivity index (χ3v) is 2.50. The largest absolute Gasteiger partial charge is 0.374 e. The summed E-state index contributed by atoms with van der Waals surface area (Å²) in [4.78, 5) is 13.9. The van der Waals surface area contributed by atoms with Crippen molar-refractivity contribution in [1.82, 2.24) is 0 Å². The van der Waals surface area contributed by atoms with E-state index in [9.17, 15) is 4.79 Å². The first kappa shape index (κ1) is 11.8. The molecule has 0 N–H and O–H groups in total. The molecule has 0 aromatic heterocycles. The van der Waals surface area contributed by atoms with Crippen molar-refractivity contribution in [1.29, 1.82) is 0 Å². The SMILES string of the molecule is CCCN(C)c1ccccc1C(=O)CC. The number of anilines is 1. The summed E-state index contributed by atoms with van der Waals surface area (Å²) in [5.41, 5.74) is 1.89. The van der Waals surface area contributed by atoms with Gasteiger partial charge in [-0.15, -0.1) is 0 Å². The van der Waals surface area contributed by atoms with Gasteiger partial charge in [0.2, 0.25) is 0 Å². The van der Waals surface area contributed by atoms with Crippen LogP contribution in [-0.4, -0.2) is 19.4 Å². The predicted octanol–water partition coefficient (Wildman–Crippen LogP) is 3.13. The molecular weight excluding hydrogens is 186 g/mol. The van der Waals surface area contributed by atoms with Crippen LogP contribution in [0, 0.1) is 0 Å². The van der Waals surface area contributed by atoms with Gasteiger partial charge in [0, 0.05) is 31.3 Å². The molecule has 0 radical (unpaired) electrons. The Morgan fingerprint density at radius 1 is 1.27 bits per heavy atom. The number of carbonyl (C=O) groups is 1. The van der Waals surface area contributed by atoms with Crippen LogP contribution in [0.3, 0.4) is 0 Å². The number of carbonyl (C=O) groups excluding carboxylic acids is 1. The minimum Gasteiger partial charge on any atom is -0.374 e. The zero-order valence-electron chi connectivity index (χ0n) is 9.79. The molecular formula is C13H19NO. The lowest BCUT2D eigenvalue weighted by Crippen LogP contribution is -2.20. The van der Waals surface area contributed by atoms with E-state index < -0.39 is 0 Å². The number of para-hydroxylation sites is 1. The van der Waals surface area contributed by atoms with Crippen molar-refractivity contribution < 1.29 is 4.79 Å². The summed E-state index contributed by atoms with van der Waals surface area (Å²) in [5, 5.41) is 0. The van der Waals surface area contributed by atoms with Crippen LogP contribution in [0.1, 0.15) is 37.0 Å². The molecule has 0 amide bonds. The number of rotatable bonds is 5. The van der Waals surface area contributed by atoms with Crippen LogP contribution < -0.4 is 4.90 Å². The molecule has 0 fully saturated rings. The summed E-state index contributed by atoms with van der Waals surface area (Å²) in [6.45, 7) is 5.02. The van der Waals surface area contributed by atoms with Crippen molar-refractivity contribution in [3.8, 4) is 0 Å². The van der Waals surface area contributed by atoms with Gasteiger partial charge in [-0.2, -0.15) is 0 Å². The summed E-state index contributed by atoms with van der Waals surface area (Å²) in [6.07, 6.45) is 1.65. The third-order valence-electron chi connectivity index (χ3n) is 2.50. The van der Waals surface area contributed by atoms with Crippen molar-refractivity contribution in [2.45, 2.75) is 26.7 Å². The average Bonchev–Trinajstić information content (AvgIpc) is 2.28. The molecule has 1 rings (SSSR count). The second-order valence-corrected chi connectivity index (χ2v) is 3.72. The zero-order chi connectivity index (χ0) is 11.3. The smallest absolute Gasteiger partial charge is 0.164 e. The van der Waals surface area contributed by atoms with E-state index in [1.54, 1.807) is 0 Å². The van der Waals surface area contributed by atoms with Crippen molar-refractivity contribution >= 4 is 11.5 Å². The predicted molar refractivity (Wildman–Crippen MR) is 64.6 cm³/mol. The summed E-state index contributed by atoms with van der Waals surface area (Å²) < 4.78 is 0. The molecule has 82 valence electrons. The molecule has 1 aromatic carbocycles. The molecule has 0 aliphatic heterocycles. The first-order chi connectivity index (χ1) is 7.20. The number of ketones is 1. The molecule has 0 bridgehead atoms. The highest BCUT2D eigenvalue weighted by Crippen LogP contribution is 2.20. The average molecular weight is 205 g/mol. The standard InChI is InChI=1S/C13H19NO/c1-4-10-14(3)12-9-7-6-8-11(12)13(15)5-2/h6-9H,4-5,10H2,1-3H3. The Balaban J connectivity index is 3.00. The van der Waals surface area contributed by atoms with Crippen molar-refractivity contribution in [3.63, 3.8) is 0 Å². The van der Waals surface area contributed by atoms with Gasteiger partial charge in [0.25, 0.3) is 0 Å². The fourth-order valence-electron chi connectivity index (χ4n) is 1.69. The van der Waals surface area contributed by atoms with Gasteiger partial charge in [-0.05, 0) is 18.6 Å². The minimum atomic E-state index is 0.216. The summed E-state index contributed by atoms with van der Waals surface area (Å²) in [6, 6.07) is 7.83. The molecule has 1 aromatic rings. The fourth-order valence-corrected chi connectivity index (χ4v) is 1.69. The van der Waals surface area contributed by atoms with E-state index in [4.69, 9.17) is 0 Å². The molecule has 0 unspecified atom stereocenters. The first-order valence-corrected chi connectivity index (χ1v) is 5.54. The number of nitrogens with zero attached hydrogens (tertiary/aromatic N) is 1. The van der Waals surface area contributed by atoms with Crippen molar-refractivity contribution in [3.05, 3.63) is 29.8 Å². The number of hydrogen-bond donors (Lipinski definition) is 0. The highest BCUT2D eigenvalue weighted by atomic mass is 16.1. The third kappa shape index (κ3) is 2.82. The maximum Gasteiger partial charge on any atom is 0.164 e. The number of Topliss-reactive ketones (excluding diaryl/α,β-unsaturated/α-hetero) is 1. The molecule has 15 heavy (non-hydrogen) atoms. The van der Waals surface area contributed by atoms with Gasteiger partial charge in [0.05, 0.1) is 0 Å². The van der Waals surface area contributed by atoms with Gasteiger partial charge < -0.3 is 4.90 Å². The second kappa shape index (κ2) is 5.54. The second-order valence-electron chi connectivity index (χ2n) is 3.72. The molecule has 0 spiro atoms. The van der Waals surface area contributed by atoms with E-state index >= 15 is 0 Å². The maximum atomic E-state index is 11.7. The normalized spacial score (nSPS) is 10.1. The number of benzene rings is 1. The first-order valence-electron chi connectivity index (χ1n) is 5.54.